The highest BCUT2D eigenvalue weighted by molar-refractivity contribution is 9.18. The molecule has 3 N–H and O–H groups in total. The molecule has 1 amide bonds. The number of carbonyl (C=O) groups excluding carboxylic acids is 1. The summed E-state index contributed by atoms with van der Waals surface area (Å²) in [6.07, 6.45) is 5.96. The summed E-state index contributed by atoms with van der Waals surface area (Å²) in [6, 6.07) is 1.41. The van der Waals surface area contributed by atoms with Crippen LogP contribution in [0.2, 0.25) is 0 Å². The number of halogens is 3. The Bertz CT molecular complexity index is 663. The molecule has 0 radical (unpaired) electrons. The van der Waals surface area contributed by atoms with Crippen molar-refractivity contribution < 1.29 is 13.6 Å². The Labute approximate surface area is 161 Å². The molecule has 1 heterocycles. The zero-order valence-electron chi connectivity index (χ0n) is 15.0. The summed E-state index contributed by atoms with van der Waals surface area (Å²) in [5.74, 6) is -2.01. The number of alkyl halides is 2. The van der Waals surface area contributed by atoms with Gasteiger partial charge < -0.3 is 10.6 Å². The molecule has 1 aromatic heterocycles. The topological polar surface area (TPSA) is 77.9 Å². The van der Waals surface area contributed by atoms with E-state index in [9.17, 15) is 13.6 Å². The molecule has 26 heavy (non-hydrogen) atoms. The first kappa shape index (κ1) is 20.7. The molecule has 2 rings (SSSR count). The molecule has 2 atom stereocenters. The fourth-order valence-electron chi connectivity index (χ4n) is 3.21. The maximum absolute atomic E-state index is 13.1. The van der Waals surface area contributed by atoms with Crippen LogP contribution < -0.4 is 10.6 Å². The number of anilines is 1. The average molecular weight is 431 g/mol. The number of rotatable bonds is 8. The number of carbonyl (C=O) groups is 1. The van der Waals surface area contributed by atoms with Gasteiger partial charge in [0.1, 0.15) is 10.3 Å². The SMILES string of the molecule is CCC1CCC(CNC(=O)c2cc(NCC(C)(F)F)c(C(=N)Br)cn2)C1. The lowest BCUT2D eigenvalue weighted by Crippen LogP contribution is -2.29. The van der Waals surface area contributed by atoms with Crippen LogP contribution in [0.1, 0.15) is 55.6 Å². The van der Waals surface area contributed by atoms with Gasteiger partial charge in [0.25, 0.3) is 11.8 Å². The minimum absolute atomic E-state index is 0.00967. The van der Waals surface area contributed by atoms with Crippen LogP contribution >= 0.6 is 15.9 Å². The fraction of sp³-hybridized carbons (Fsp3) is 0.611. The van der Waals surface area contributed by atoms with E-state index < -0.39 is 12.5 Å². The Kier molecular flexibility index (Phi) is 7.08. The highest BCUT2D eigenvalue weighted by Gasteiger charge is 2.25. The first-order chi connectivity index (χ1) is 12.2. The molecule has 8 heteroatoms. The van der Waals surface area contributed by atoms with E-state index in [2.05, 4.69) is 38.5 Å². The molecular formula is C18H25BrF2N4O. The number of nitrogens with one attached hydrogen (secondary N) is 3. The van der Waals surface area contributed by atoms with Crippen LogP contribution in [0.15, 0.2) is 12.3 Å². The van der Waals surface area contributed by atoms with E-state index in [1.807, 2.05) is 0 Å². The first-order valence-electron chi connectivity index (χ1n) is 8.84. The first-order valence-corrected chi connectivity index (χ1v) is 9.63. The maximum Gasteiger partial charge on any atom is 0.269 e. The van der Waals surface area contributed by atoms with Gasteiger partial charge in [0.15, 0.2) is 0 Å². The van der Waals surface area contributed by atoms with Gasteiger partial charge in [-0.15, -0.1) is 0 Å². The molecule has 0 aliphatic heterocycles. The van der Waals surface area contributed by atoms with Crippen molar-refractivity contribution in [2.75, 3.05) is 18.4 Å². The summed E-state index contributed by atoms with van der Waals surface area (Å²) in [6.45, 7) is 3.00. The minimum Gasteiger partial charge on any atom is -0.378 e. The average Bonchev–Trinajstić information content (AvgIpc) is 3.05. The van der Waals surface area contributed by atoms with Gasteiger partial charge in [-0.05, 0) is 46.7 Å². The second-order valence-electron chi connectivity index (χ2n) is 7.02. The second-order valence-corrected chi connectivity index (χ2v) is 7.81. The van der Waals surface area contributed by atoms with Gasteiger partial charge in [-0.1, -0.05) is 19.8 Å². The summed E-state index contributed by atoms with van der Waals surface area (Å²) in [5, 5.41) is 13.2. The minimum atomic E-state index is -2.91. The Morgan fingerprint density at radius 3 is 2.69 bits per heavy atom. The predicted molar refractivity (Wildman–Crippen MR) is 103 cm³/mol. The van der Waals surface area contributed by atoms with Gasteiger partial charge in [0, 0.05) is 30.9 Å². The quantitative estimate of drug-likeness (QED) is 0.533. The summed E-state index contributed by atoms with van der Waals surface area (Å²) in [7, 11) is 0. The molecule has 0 aromatic carbocycles. The van der Waals surface area contributed by atoms with Crippen LogP contribution in [0.5, 0.6) is 0 Å². The monoisotopic (exact) mass is 430 g/mol. The number of amides is 1. The number of hydrogen-bond donors (Lipinski definition) is 3. The summed E-state index contributed by atoms with van der Waals surface area (Å²) >= 11 is 3.02. The van der Waals surface area contributed by atoms with Crippen molar-refractivity contribution in [2.45, 2.75) is 45.5 Å². The molecule has 144 valence electrons. The Hall–Kier alpha value is -1.57. The molecule has 1 saturated carbocycles. The highest BCUT2D eigenvalue weighted by Crippen LogP contribution is 2.32. The van der Waals surface area contributed by atoms with Gasteiger partial charge in [-0.2, -0.15) is 0 Å². The standard InChI is InChI=1S/C18H25BrF2N4O/c1-3-11-4-5-12(6-11)8-24-17(26)15-7-14(25-10-18(2,20)21)13(9-23-15)16(19)22/h7,9,11-12,22H,3-6,8,10H2,1-2H3,(H,23,25)(H,24,26). The van der Waals surface area contributed by atoms with Gasteiger partial charge in [0.05, 0.1) is 6.54 Å². The van der Waals surface area contributed by atoms with Crippen molar-refractivity contribution in [1.82, 2.24) is 10.3 Å². The third-order valence-electron chi connectivity index (χ3n) is 4.74. The van der Waals surface area contributed by atoms with E-state index in [0.717, 1.165) is 25.7 Å². The third-order valence-corrected chi connectivity index (χ3v) is 5.17. The number of nitrogens with zero attached hydrogens (tertiary/aromatic N) is 1. The predicted octanol–water partition coefficient (Wildman–Crippen LogP) is 4.43. The number of hydrogen-bond acceptors (Lipinski definition) is 4. The zero-order chi connectivity index (χ0) is 19.3. The molecule has 1 aliphatic carbocycles. The van der Waals surface area contributed by atoms with E-state index in [-0.39, 0.29) is 21.9 Å². The lowest BCUT2D eigenvalue weighted by molar-refractivity contribution is 0.0367. The smallest absolute Gasteiger partial charge is 0.269 e. The molecule has 0 saturated heterocycles. The van der Waals surface area contributed by atoms with Crippen molar-refractivity contribution >= 4 is 32.1 Å². The van der Waals surface area contributed by atoms with Crippen LogP contribution in [-0.4, -0.2) is 34.5 Å². The molecule has 0 bridgehead atoms. The molecule has 1 aliphatic rings. The van der Waals surface area contributed by atoms with Crippen molar-refractivity contribution in [3.05, 3.63) is 23.5 Å². The van der Waals surface area contributed by atoms with Crippen LogP contribution in [0.25, 0.3) is 0 Å². The normalized spacial score (nSPS) is 20.0. The summed E-state index contributed by atoms with van der Waals surface area (Å²) in [5.41, 5.74) is 0.752. The van der Waals surface area contributed by atoms with Crippen LogP contribution in [0, 0.1) is 17.2 Å². The maximum atomic E-state index is 13.1. The van der Waals surface area contributed by atoms with Crippen LogP contribution in [0.4, 0.5) is 14.5 Å². The summed E-state index contributed by atoms with van der Waals surface area (Å²) < 4.78 is 26.3. The van der Waals surface area contributed by atoms with E-state index in [4.69, 9.17) is 5.41 Å². The molecular weight excluding hydrogens is 406 g/mol. The van der Waals surface area contributed by atoms with Crippen molar-refractivity contribution in [3.8, 4) is 0 Å². The second kappa shape index (κ2) is 8.88. The van der Waals surface area contributed by atoms with Gasteiger partial charge in [0.2, 0.25) is 0 Å². The fourth-order valence-corrected chi connectivity index (χ4v) is 3.53. The molecule has 1 fully saturated rings. The van der Waals surface area contributed by atoms with Gasteiger partial charge in [-0.25, -0.2) is 8.78 Å². The third kappa shape index (κ3) is 6.00. The molecule has 2 unspecified atom stereocenters. The van der Waals surface area contributed by atoms with Crippen LogP contribution in [-0.2, 0) is 0 Å². The van der Waals surface area contributed by atoms with Crippen molar-refractivity contribution in [3.63, 3.8) is 0 Å². The zero-order valence-corrected chi connectivity index (χ0v) is 16.6. The highest BCUT2D eigenvalue weighted by atomic mass is 79.9. The number of pyridine rings is 1. The Morgan fingerprint density at radius 1 is 1.42 bits per heavy atom. The number of aromatic nitrogens is 1. The van der Waals surface area contributed by atoms with E-state index >= 15 is 0 Å². The van der Waals surface area contributed by atoms with E-state index in [0.29, 0.717) is 18.0 Å². The molecule has 0 spiro atoms. The molecule has 1 aromatic rings. The van der Waals surface area contributed by atoms with Gasteiger partial charge >= 0.3 is 0 Å². The van der Waals surface area contributed by atoms with Crippen molar-refractivity contribution in [1.29, 1.82) is 5.41 Å². The van der Waals surface area contributed by atoms with Crippen LogP contribution in [0.3, 0.4) is 0 Å². The van der Waals surface area contributed by atoms with Crippen molar-refractivity contribution in [2.24, 2.45) is 11.8 Å². The molecule has 5 nitrogen and oxygen atoms in total. The Balaban J connectivity index is 2.03. The van der Waals surface area contributed by atoms with E-state index in [1.165, 1.54) is 25.1 Å². The largest absolute Gasteiger partial charge is 0.378 e. The lowest BCUT2D eigenvalue weighted by atomic mass is 10.0. The van der Waals surface area contributed by atoms with Gasteiger partial charge in [-0.3, -0.25) is 15.2 Å². The Morgan fingerprint density at radius 2 is 2.12 bits per heavy atom. The summed E-state index contributed by atoms with van der Waals surface area (Å²) in [4.78, 5) is 16.4. The van der Waals surface area contributed by atoms with E-state index in [1.54, 1.807) is 0 Å². The lowest BCUT2D eigenvalue weighted by Gasteiger charge is -2.16.